The molecule has 53 valence electrons. The van der Waals surface area contributed by atoms with Crippen LogP contribution in [0.5, 0.6) is 5.75 Å². The Morgan fingerprint density at radius 1 is 1.70 bits per heavy atom. The zero-order valence-electron chi connectivity index (χ0n) is 5.92. The van der Waals surface area contributed by atoms with E-state index < -0.39 is 0 Å². The van der Waals surface area contributed by atoms with Crippen LogP contribution in [0, 0.1) is 6.07 Å². The summed E-state index contributed by atoms with van der Waals surface area (Å²) in [5.41, 5.74) is 6.20. The molecule has 1 aromatic rings. The van der Waals surface area contributed by atoms with Crippen LogP contribution in [0.15, 0.2) is 18.2 Å². The third kappa shape index (κ3) is 1.65. The lowest BCUT2D eigenvalue weighted by atomic mass is 10.3. The molecule has 2 heteroatoms. The highest BCUT2D eigenvalue weighted by Gasteiger charge is 1.90. The van der Waals surface area contributed by atoms with E-state index in [2.05, 4.69) is 6.07 Å². The largest absolute Gasteiger partial charge is 0.493 e. The average Bonchev–Trinajstić information content (AvgIpc) is 1.88. The molecule has 0 aliphatic heterocycles. The lowest BCUT2D eigenvalue weighted by Gasteiger charge is -2.01. The minimum Gasteiger partial charge on any atom is -0.493 e. The molecule has 0 atom stereocenters. The molecule has 0 aliphatic carbocycles. The Balaban J connectivity index is 2.75. The van der Waals surface area contributed by atoms with E-state index in [0.717, 1.165) is 0 Å². The first kappa shape index (κ1) is 6.93. The molecule has 0 unspecified atom stereocenters. The van der Waals surface area contributed by atoms with E-state index in [9.17, 15) is 0 Å². The summed E-state index contributed by atoms with van der Waals surface area (Å²) in [6.45, 7) is 2.58. The van der Waals surface area contributed by atoms with Crippen molar-refractivity contribution < 1.29 is 4.74 Å². The van der Waals surface area contributed by atoms with Gasteiger partial charge in [-0.3, -0.25) is 0 Å². The van der Waals surface area contributed by atoms with E-state index in [1.54, 1.807) is 18.2 Å². The van der Waals surface area contributed by atoms with Gasteiger partial charge in [-0.25, -0.2) is 0 Å². The van der Waals surface area contributed by atoms with Crippen molar-refractivity contribution in [3.63, 3.8) is 0 Å². The Labute approximate surface area is 60.6 Å². The Kier molecular flexibility index (Phi) is 2.15. The van der Waals surface area contributed by atoms with E-state index >= 15 is 0 Å². The van der Waals surface area contributed by atoms with Gasteiger partial charge < -0.3 is 10.5 Å². The molecule has 0 aromatic heterocycles. The lowest BCUT2D eigenvalue weighted by molar-refractivity contribution is 0.339. The molecule has 1 radical (unpaired) electrons. The number of nitrogen functional groups attached to an aromatic ring is 1. The molecule has 0 amide bonds. The molecular formula is C8H10NO. The van der Waals surface area contributed by atoms with Gasteiger partial charge in [-0.1, -0.05) is 0 Å². The van der Waals surface area contributed by atoms with Crippen molar-refractivity contribution in [1.29, 1.82) is 0 Å². The molecule has 10 heavy (non-hydrogen) atoms. The molecule has 1 rings (SSSR count). The van der Waals surface area contributed by atoms with Gasteiger partial charge in [0.2, 0.25) is 0 Å². The molecule has 0 fully saturated rings. The highest BCUT2D eigenvalue weighted by atomic mass is 16.5. The summed E-state index contributed by atoms with van der Waals surface area (Å²) in [6, 6.07) is 8.19. The van der Waals surface area contributed by atoms with Crippen molar-refractivity contribution in [3.8, 4) is 5.75 Å². The molecule has 0 bridgehead atoms. The maximum Gasteiger partial charge on any atom is 0.129 e. The maximum atomic E-state index is 5.49. The van der Waals surface area contributed by atoms with E-state index in [0.29, 0.717) is 18.0 Å². The zero-order chi connectivity index (χ0) is 7.40. The van der Waals surface area contributed by atoms with Crippen molar-refractivity contribution >= 4 is 5.69 Å². The predicted octanol–water partition coefficient (Wildman–Crippen LogP) is 1.47. The summed E-state index contributed by atoms with van der Waals surface area (Å²) in [7, 11) is 0. The van der Waals surface area contributed by atoms with Crippen molar-refractivity contribution in [3.05, 3.63) is 24.3 Å². The van der Waals surface area contributed by atoms with Crippen LogP contribution in [0.3, 0.4) is 0 Å². The first-order valence-electron chi connectivity index (χ1n) is 3.23. The summed E-state index contributed by atoms with van der Waals surface area (Å²) in [5.74, 6) is 0.711. The van der Waals surface area contributed by atoms with Gasteiger partial charge in [0.15, 0.2) is 0 Å². The van der Waals surface area contributed by atoms with Crippen LogP contribution < -0.4 is 10.5 Å². The predicted molar refractivity (Wildman–Crippen MR) is 40.9 cm³/mol. The molecule has 2 nitrogen and oxygen atoms in total. The smallest absolute Gasteiger partial charge is 0.129 e. The standard InChI is InChI=1S/C8H10NO/c1-2-10-8-5-3-4-7(9)6-8/h3-4,6H,2,9H2,1H3. The first-order valence-corrected chi connectivity index (χ1v) is 3.23. The van der Waals surface area contributed by atoms with Crippen LogP contribution in [0.1, 0.15) is 6.92 Å². The van der Waals surface area contributed by atoms with Gasteiger partial charge >= 0.3 is 0 Å². The second-order valence-electron chi connectivity index (χ2n) is 1.92. The molecule has 0 aliphatic rings. The second-order valence-corrected chi connectivity index (χ2v) is 1.92. The van der Waals surface area contributed by atoms with Gasteiger partial charge in [0.1, 0.15) is 5.75 Å². The van der Waals surface area contributed by atoms with Crippen LogP contribution in [0.25, 0.3) is 0 Å². The number of hydrogen-bond acceptors (Lipinski definition) is 2. The van der Waals surface area contributed by atoms with Gasteiger partial charge in [-0.15, -0.1) is 0 Å². The van der Waals surface area contributed by atoms with Crippen LogP contribution in [-0.4, -0.2) is 6.61 Å². The van der Waals surface area contributed by atoms with Crippen LogP contribution in [0.4, 0.5) is 5.69 Å². The Morgan fingerprint density at radius 2 is 2.50 bits per heavy atom. The van der Waals surface area contributed by atoms with Crippen LogP contribution in [-0.2, 0) is 0 Å². The summed E-state index contributed by atoms with van der Waals surface area (Å²) in [6.07, 6.45) is 0. The topological polar surface area (TPSA) is 35.2 Å². The minimum absolute atomic E-state index is 0.653. The van der Waals surface area contributed by atoms with E-state index in [1.807, 2.05) is 6.92 Å². The molecule has 1 aromatic carbocycles. The molecule has 0 spiro atoms. The van der Waals surface area contributed by atoms with Crippen molar-refractivity contribution in [2.45, 2.75) is 6.92 Å². The Bertz CT molecular complexity index is 210. The molecule has 0 heterocycles. The van der Waals surface area contributed by atoms with Crippen molar-refractivity contribution in [2.75, 3.05) is 12.3 Å². The number of ether oxygens (including phenoxy) is 1. The summed E-state index contributed by atoms with van der Waals surface area (Å²) in [4.78, 5) is 0. The molecule has 0 saturated heterocycles. The normalized spacial score (nSPS) is 9.30. The number of hydrogen-bond donors (Lipinski definition) is 1. The Hall–Kier alpha value is -1.18. The molecule has 0 saturated carbocycles. The summed E-state index contributed by atoms with van der Waals surface area (Å²) < 4.78 is 5.15. The highest BCUT2D eigenvalue weighted by Crippen LogP contribution is 2.12. The lowest BCUT2D eigenvalue weighted by Crippen LogP contribution is -1.92. The minimum atomic E-state index is 0.653. The summed E-state index contributed by atoms with van der Waals surface area (Å²) >= 11 is 0. The van der Waals surface area contributed by atoms with Crippen molar-refractivity contribution in [2.24, 2.45) is 0 Å². The summed E-state index contributed by atoms with van der Waals surface area (Å²) in [5, 5.41) is 0. The fraction of sp³-hybridized carbons (Fsp3) is 0.250. The van der Waals surface area contributed by atoms with Gasteiger partial charge in [0.05, 0.1) is 6.61 Å². The van der Waals surface area contributed by atoms with Gasteiger partial charge in [-0.2, -0.15) is 0 Å². The third-order valence-electron chi connectivity index (χ3n) is 1.10. The van der Waals surface area contributed by atoms with Crippen LogP contribution >= 0.6 is 0 Å². The van der Waals surface area contributed by atoms with Crippen molar-refractivity contribution in [1.82, 2.24) is 0 Å². The monoisotopic (exact) mass is 136 g/mol. The average molecular weight is 136 g/mol. The third-order valence-corrected chi connectivity index (χ3v) is 1.10. The number of benzene rings is 1. The SMILES string of the molecule is CCOc1[c]ccc(N)c1. The van der Waals surface area contributed by atoms with E-state index in [-0.39, 0.29) is 0 Å². The van der Waals surface area contributed by atoms with Crippen LogP contribution in [0.2, 0.25) is 0 Å². The van der Waals surface area contributed by atoms with E-state index in [1.165, 1.54) is 0 Å². The maximum absolute atomic E-state index is 5.49. The first-order chi connectivity index (χ1) is 4.83. The number of rotatable bonds is 2. The molecular weight excluding hydrogens is 126 g/mol. The zero-order valence-corrected chi connectivity index (χ0v) is 5.92. The fourth-order valence-electron chi connectivity index (χ4n) is 0.700. The quantitative estimate of drug-likeness (QED) is 0.625. The van der Waals surface area contributed by atoms with Gasteiger partial charge in [-0.05, 0) is 19.1 Å². The molecule has 2 N–H and O–H groups in total. The number of anilines is 1. The van der Waals surface area contributed by atoms with E-state index in [4.69, 9.17) is 10.5 Å². The number of nitrogens with two attached hydrogens (primary N) is 1. The highest BCUT2D eigenvalue weighted by molar-refractivity contribution is 5.42. The Morgan fingerprint density at radius 3 is 3.10 bits per heavy atom. The van der Waals surface area contributed by atoms with Gasteiger partial charge in [0, 0.05) is 17.8 Å². The fourth-order valence-corrected chi connectivity index (χ4v) is 0.700. The van der Waals surface area contributed by atoms with Gasteiger partial charge in [0.25, 0.3) is 0 Å². The second kappa shape index (κ2) is 3.11.